The normalized spacial score (nSPS) is 13.9. The molecule has 0 bridgehead atoms. The average Bonchev–Trinajstić information content (AvgIpc) is 3.47. The van der Waals surface area contributed by atoms with E-state index in [2.05, 4.69) is 22.8 Å². The third-order valence-corrected chi connectivity index (χ3v) is 6.40. The maximum atomic E-state index is 12.4. The lowest BCUT2D eigenvalue weighted by Crippen LogP contribution is -2.44. The Hall–Kier alpha value is -4.07. The summed E-state index contributed by atoms with van der Waals surface area (Å²) in [4.78, 5) is 36.2. The Morgan fingerprint density at radius 1 is 1.00 bits per heavy atom. The van der Waals surface area contributed by atoms with E-state index in [0.717, 1.165) is 22.3 Å². The molecule has 8 heteroatoms. The van der Waals surface area contributed by atoms with Gasteiger partial charge in [-0.1, -0.05) is 68.8 Å². The number of alkyl carbamates (subject to hydrolysis) is 1. The molecule has 0 fully saturated rings. The van der Waals surface area contributed by atoms with Crippen LogP contribution in [0.4, 0.5) is 4.79 Å². The lowest BCUT2D eigenvalue weighted by molar-refractivity contribution is -0.140. The second-order valence-corrected chi connectivity index (χ2v) is 8.62. The van der Waals surface area contributed by atoms with E-state index in [-0.39, 0.29) is 30.7 Å². The number of amides is 2. The van der Waals surface area contributed by atoms with Crippen molar-refractivity contribution in [2.45, 2.75) is 38.8 Å². The van der Waals surface area contributed by atoms with Gasteiger partial charge in [-0.15, -0.1) is 0 Å². The van der Waals surface area contributed by atoms with E-state index in [9.17, 15) is 19.5 Å². The Balaban J connectivity index is 1.31. The molecular formula is C27H28N2O6. The monoisotopic (exact) mass is 476 g/mol. The standard InChI is InChI=1S/C27H28N2O6/c1-3-16(2)24(26(31)32)29-25(30)23-13-12-17(35-23)14-28-27(33)34-15-22-20-10-6-4-8-18(20)19-9-5-7-11-21(19)22/h4-13,16,22,24H,3,14-15H2,1-2H3,(H,28,33)(H,29,30)(H,31,32). The average molecular weight is 477 g/mol. The number of benzene rings is 2. The summed E-state index contributed by atoms with van der Waals surface area (Å²) >= 11 is 0. The van der Waals surface area contributed by atoms with Crippen LogP contribution in [-0.4, -0.2) is 35.7 Å². The molecule has 3 aromatic rings. The van der Waals surface area contributed by atoms with Crippen molar-refractivity contribution in [1.82, 2.24) is 10.6 Å². The SMILES string of the molecule is CCC(C)C(NC(=O)c1ccc(CNC(=O)OCC2c3ccccc3-c3ccccc32)o1)C(=O)O. The number of carbonyl (C=O) groups is 3. The number of hydrogen-bond acceptors (Lipinski definition) is 5. The minimum absolute atomic E-state index is 0.0242. The number of carboxylic acid groups (broad SMARTS) is 1. The molecule has 8 nitrogen and oxygen atoms in total. The molecule has 0 saturated heterocycles. The van der Waals surface area contributed by atoms with Gasteiger partial charge in [-0.25, -0.2) is 9.59 Å². The van der Waals surface area contributed by atoms with E-state index in [1.54, 1.807) is 13.0 Å². The Bertz CT molecular complexity index is 1190. The fourth-order valence-electron chi connectivity index (χ4n) is 4.30. The summed E-state index contributed by atoms with van der Waals surface area (Å²) in [7, 11) is 0. The van der Waals surface area contributed by atoms with Crippen LogP contribution in [0.25, 0.3) is 11.1 Å². The van der Waals surface area contributed by atoms with Crippen molar-refractivity contribution in [3.8, 4) is 11.1 Å². The number of nitrogens with one attached hydrogen (secondary N) is 2. The third kappa shape index (κ3) is 5.21. The molecule has 2 atom stereocenters. The van der Waals surface area contributed by atoms with Crippen molar-refractivity contribution in [1.29, 1.82) is 0 Å². The maximum absolute atomic E-state index is 12.4. The van der Waals surface area contributed by atoms with Crippen molar-refractivity contribution < 1.29 is 28.6 Å². The van der Waals surface area contributed by atoms with Gasteiger partial charge in [-0.2, -0.15) is 0 Å². The molecule has 4 rings (SSSR count). The van der Waals surface area contributed by atoms with Gasteiger partial charge in [-0.3, -0.25) is 4.79 Å². The molecule has 0 saturated carbocycles. The number of carbonyl (C=O) groups excluding carboxylic acids is 2. The smallest absolute Gasteiger partial charge is 0.407 e. The molecule has 2 amide bonds. The van der Waals surface area contributed by atoms with Crippen molar-refractivity contribution in [2.75, 3.05) is 6.61 Å². The highest BCUT2D eigenvalue weighted by molar-refractivity contribution is 5.94. The van der Waals surface area contributed by atoms with Crippen molar-refractivity contribution >= 4 is 18.0 Å². The predicted molar refractivity (Wildman–Crippen MR) is 129 cm³/mol. The van der Waals surface area contributed by atoms with Gasteiger partial charge < -0.3 is 24.9 Å². The summed E-state index contributed by atoms with van der Waals surface area (Å²) in [5.41, 5.74) is 4.55. The minimum atomic E-state index is -1.10. The molecule has 0 aliphatic heterocycles. The number of furan rings is 1. The Morgan fingerprint density at radius 2 is 1.63 bits per heavy atom. The van der Waals surface area contributed by atoms with E-state index in [0.29, 0.717) is 12.2 Å². The first kappa shape index (κ1) is 24.1. The van der Waals surface area contributed by atoms with E-state index in [4.69, 9.17) is 9.15 Å². The van der Waals surface area contributed by atoms with Gasteiger partial charge in [0.2, 0.25) is 0 Å². The highest BCUT2D eigenvalue weighted by atomic mass is 16.5. The first-order valence-electron chi connectivity index (χ1n) is 11.6. The molecule has 1 aliphatic rings. The van der Waals surface area contributed by atoms with Gasteiger partial charge in [0.05, 0.1) is 6.54 Å². The van der Waals surface area contributed by atoms with Crippen molar-refractivity contribution in [2.24, 2.45) is 5.92 Å². The van der Waals surface area contributed by atoms with Gasteiger partial charge in [0.1, 0.15) is 18.4 Å². The second-order valence-electron chi connectivity index (χ2n) is 8.62. The number of hydrogen-bond donors (Lipinski definition) is 3. The van der Waals surface area contributed by atoms with Crippen LogP contribution in [0.1, 0.15) is 53.6 Å². The molecule has 1 aliphatic carbocycles. The van der Waals surface area contributed by atoms with Gasteiger partial charge in [-0.05, 0) is 40.3 Å². The zero-order valence-electron chi connectivity index (χ0n) is 19.6. The molecule has 2 unspecified atom stereocenters. The molecular weight excluding hydrogens is 448 g/mol. The number of aliphatic carboxylic acids is 1. The zero-order valence-corrected chi connectivity index (χ0v) is 19.6. The van der Waals surface area contributed by atoms with Crippen LogP contribution in [-0.2, 0) is 16.1 Å². The Labute approximate surface area is 203 Å². The van der Waals surface area contributed by atoms with Crippen LogP contribution in [0.2, 0.25) is 0 Å². The maximum Gasteiger partial charge on any atom is 0.407 e. The van der Waals surface area contributed by atoms with Gasteiger partial charge in [0, 0.05) is 5.92 Å². The summed E-state index contributed by atoms with van der Waals surface area (Å²) in [5, 5.41) is 14.5. The van der Waals surface area contributed by atoms with Gasteiger partial charge in [0.25, 0.3) is 5.91 Å². The lowest BCUT2D eigenvalue weighted by atomic mass is 9.98. The van der Waals surface area contributed by atoms with E-state index in [1.165, 1.54) is 6.07 Å². The van der Waals surface area contributed by atoms with Crippen LogP contribution in [0.15, 0.2) is 65.1 Å². The first-order chi connectivity index (χ1) is 16.9. The summed E-state index contributed by atoms with van der Waals surface area (Å²) < 4.78 is 11.0. The summed E-state index contributed by atoms with van der Waals surface area (Å²) in [5.74, 6) is -1.68. The second kappa shape index (κ2) is 10.5. The van der Waals surface area contributed by atoms with E-state index in [1.807, 2.05) is 43.3 Å². The molecule has 0 radical (unpaired) electrons. The molecule has 0 spiro atoms. The van der Waals surface area contributed by atoms with Crippen molar-refractivity contribution in [3.05, 3.63) is 83.3 Å². The van der Waals surface area contributed by atoms with E-state index < -0.39 is 24.0 Å². The highest BCUT2D eigenvalue weighted by Crippen LogP contribution is 2.44. The summed E-state index contributed by atoms with van der Waals surface area (Å²) in [6, 6.07) is 18.2. The predicted octanol–water partition coefficient (Wildman–Crippen LogP) is 4.55. The number of fused-ring (bicyclic) bond motifs is 3. The molecule has 1 aromatic heterocycles. The van der Waals surface area contributed by atoms with Crippen molar-refractivity contribution in [3.63, 3.8) is 0 Å². The van der Waals surface area contributed by atoms with E-state index >= 15 is 0 Å². The van der Waals surface area contributed by atoms with Gasteiger partial charge >= 0.3 is 12.1 Å². The van der Waals surface area contributed by atoms with Crippen LogP contribution >= 0.6 is 0 Å². The number of rotatable bonds is 9. The molecule has 182 valence electrons. The largest absolute Gasteiger partial charge is 0.480 e. The Morgan fingerprint density at radius 3 is 2.23 bits per heavy atom. The zero-order chi connectivity index (χ0) is 24.9. The summed E-state index contributed by atoms with van der Waals surface area (Å²) in [6.07, 6.45) is 0.00187. The molecule has 3 N–H and O–H groups in total. The van der Waals surface area contributed by atoms with Crippen LogP contribution in [0.5, 0.6) is 0 Å². The molecule has 35 heavy (non-hydrogen) atoms. The fourth-order valence-corrected chi connectivity index (χ4v) is 4.30. The first-order valence-corrected chi connectivity index (χ1v) is 11.6. The van der Waals surface area contributed by atoms with Crippen LogP contribution in [0.3, 0.4) is 0 Å². The van der Waals surface area contributed by atoms with Crippen LogP contribution < -0.4 is 10.6 Å². The molecule has 1 heterocycles. The highest BCUT2D eigenvalue weighted by Gasteiger charge is 2.29. The number of ether oxygens (including phenoxy) is 1. The topological polar surface area (TPSA) is 118 Å². The summed E-state index contributed by atoms with van der Waals surface area (Å²) in [6.45, 7) is 3.83. The van der Waals surface area contributed by atoms with Gasteiger partial charge in [0.15, 0.2) is 5.76 Å². The quantitative estimate of drug-likeness (QED) is 0.417. The number of carboxylic acids is 1. The minimum Gasteiger partial charge on any atom is -0.480 e. The lowest BCUT2D eigenvalue weighted by Gasteiger charge is -2.19. The fraction of sp³-hybridized carbons (Fsp3) is 0.296. The molecule has 2 aromatic carbocycles. The third-order valence-electron chi connectivity index (χ3n) is 6.40. The Kier molecular flexibility index (Phi) is 7.19. The van der Waals surface area contributed by atoms with Crippen LogP contribution in [0, 0.1) is 5.92 Å².